The Bertz CT molecular complexity index is 1070. The molecule has 2 atom stereocenters. The third-order valence-corrected chi connectivity index (χ3v) is 8.10. The van der Waals surface area contributed by atoms with Crippen LogP contribution in [0.2, 0.25) is 0 Å². The fourth-order valence-electron chi connectivity index (χ4n) is 3.26. The molecular weight excluding hydrogens is 480 g/mol. The van der Waals surface area contributed by atoms with E-state index in [1.54, 1.807) is 19.4 Å². The largest absolute Gasteiger partial charge is 0.477 e. The van der Waals surface area contributed by atoms with Crippen LogP contribution in [0.5, 0.6) is 0 Å². The smallest absolute Gasteiger partial charge is 0.352 e. The minimum atomic E-state index is -1.63. The molecule has 0 saturated carbocycles. The van der Waals surface area contributed by atoms with Crippen LogP contribution in [-0.2, 0) is 26.2 Å². The average Bonchev–Trinajstić information content (AvgIpc) is 3.45. The number of ether oxygens (including phenoxy) is 1. The Morgan fingerprint density at radius 3 is 2.91 bits per heavy atom. The summed E-state index contributed by atoms with van der Waals surface area (Å²) < 4.78 is 6.91. The molecule has 32 heavy (non-hydrogen) atoms. The number of thioether (sulfide) groups is 3. The summed E-state index contributed by atoms with van der Waals surface area (Å²) in [5.41, 5.74) is -1.17. The molecule has 1 saturated heterocycles. The first-order valence-electron chi connectivity index (χ1n) is 9.11. The second-order valence-electron chi connectivity index (χ2n) is 6.64. The Balaban J connectivity index is 1.49. The Kier molecular flexibility index (Phi) is 6.45. The van der Waals surface area contributed by atoms with Crippen LogP contribution in [0.3, 0.4) is 0 Å². The summed E-state index contributed by atoms with van der Waals surface area (Å²) in [6.45, 7) is 0. The van der Waals surface area contributed by atoms with Gasteiger partial charge in [-0.15, -0.1) is 16.9 Å². The zero-order valence-corrected chi connectivity index (χ0v) is 19.3. The Morgan fingerprint density at radius 1 is 1.47 bits per heavy atom. The summed E-state index contributed by atoms with van der Waals surface area (Å²) >= 11 is 3.77. The van der Waals surface area contributed by atoms with E-state index in [9.17, 15) is 19.5 Å². The minimum Gasteiger partial charge on any atom is -0.477 e. The molecule has 0 aromatic carbocycles. The van der Waals surface area contributed by atoms with E-state index in [0.717, 1.165) is 0 Å². The highest BCUT2D eigenvalue weighted by atomic mass is 32.2. The van der Waals surface area contributed by atoms with Gasteiger partial charge in [-0.2, -0.15) is 0 Å². The molecule has 0 unspecified atom stereocenters. The quantitative estimate of drug-likeness (QED) is 0.231. The number of imidazole rings is 1. The van der Waals surface area contributed by atoms with E-state index in [4.69, 9.17) is 4.74 Å². The van der Waals surface area contributed by atoms with E-state index < -0.39 is 28.9 Å². The average molecular weight is 499 g/mol. The maximum atomic E-state index is 13.1. The van der Waals surface area contributed by atoms with Gasteiger partial charge in [0.25, 0.3) is 11.6 Å². The molecule has 16 heteroatoms. The number of carboxylic acid groups (broad SMARTS) is 1. The zero-order valence-electron chi connectivity index (χ0n) is 16.8. The standard InChI is InChI=1S/C16H18N8O5S3/c1-23-15(20-21-22-23)32-6-8-5-30-13-16(29-2,12(28)24(13)10(8)11(26)27)19-9(25)7-31-14-17-3-4-18-14/h3-4,13H,5-7H2,1-2H3,(H,17,18)(H,19,25)(H,26,27)/t13-,16+/m1/s1. The molecule has 0 aliphatic carbocycles. The van der Waals surface area contributed by atoms with E-state index >= 15 is 0 Å². The number of H-pyrrole nitrogens is 1. The molecule has 3 N–H and O–H groups in total. The van der Waals surface area contributed by atoms with Gasteiger partial charge in [-0.25, -0.2) is 14.5 Å². The van der Waals surface area contributed by atoms with Gasteiger partial charge in [0, 0.05) is 38.1 Å². The number of aromatic amines is 1. The highest BCUT2D eigenvalue weighted by Gasteiger charge is 2.66. The monoisotopic (exact) mass is 498 g/mol. The van der Waals surface area contributed by atoms with E-state index in [1.165, 1.54) is 52.0 Å². The molecular formula is C16H18N8O5S3. The first-order chi connectivity index (χ1) is 15.4. The number of carbonyl (C=O) groups excluding carboxylic acids is 2. The lowest BCUT2D eigenvalue weighted by Gasteiger charge is -2.55. The molecule has 2 aliphatic rings. The van der Waals surface area contributed by atoms with Crippen LogP contribution in [-0.4, -0.2) is 93.4 Å². The highest BCUT2D eigenvalue weighted by Crippen LogP contribution is 2.47. The lowest BCUT2D eigenvalue weighted by Crippen LogP contribution is -2.80. The molecule has 4 heterocycles. The molecule has 0 spiro atoms. The first kappa shape index (κ1) is 22.6. The highest BCUT2D eigenvalue weighted by molar-refractivity contribution is 8.01. The Morgan fingerprint density at radius 2 is 2.28 bits per heavy atom. The summed E-state index contributed by atoms with van der Waals surface area (Å²) in [5.74, 6) is -1.63. The predicted molar refractivity (Wildman–Crippen MR) is 114 cm³/mol. The third-order valence-electron chi connectivity index (χ3n) is 4.73. The number of carboxylic acids is 1. The molecule has 2 aromatic heterocycles. The molecule has 1 fully saturated rings. The van der Waals surface area contributed by atoms with Gasteiger partial charge >= 0.3 is 5.97 Å². The van der Waals surface area contributed by atoms with E-state index in [-0.39, 0.29) is 11.4 Å². The number of methoxy groups -OCH3 is 1. The number of nitrogens with one attached hydrogen (secondary N) is 2. The molecule has 2 aromatic rings. The molecule has 170 valence electrons. The van der Waals surface area contributed by atoms with Crippen molar-refractivity contribution >= 4 is 53.1 Å². The third kappa shape index (κ3) is 3.98. The summed E-state index contributed by atoms with van der Waals surface area (Å²) in [4.78, 5) is 45.7. The lowest BCUT2D eigenvalue weighted by atomic mass is 9.98. The van der Waals surface area contributed by atoms with Crippen LogP contribution < -0.4 is 5.32 Å². The van der Waals surface area contributed by atoms with Crippen molar-refractivity contribution in [2.75, 3.05) is 24.4 Å². The summed E-state index contributed by atoms with van der Waals surface area (Å²) in [5, 5.41) is 24.0. The van der Waals surface area contributed by atoms with E-state index in [1.807, 2.05) is 0 Å². The number of aliphatic carboxylic acids is 1. The molecule has 4 rings (SSSR count). The van der Waals surface area contributed by atoms with Crippen molar-refractivity contribution < 1.29 is 24.2 Å². The van der Waals surface area contributed by atoms with Gasteiger partial charge in [0.1, 0.15) is 11.1 Å². The Hall–Kier alpha value is -2.56. The van der Waals surface area contributed by atoms with Crippen molar-refractivity contribution in [2.24, 2.45) is 7.05 Å². The summed E-state index contributed by atoms with van der Waals surface area (Å²) in [6, 6.07) is 0. The number of hydrogen-bond donors (Lipinski definition) is 3. The normalized spacial score (nSPS) is 22.5. The van der Waals surface area contributed by atoms with Gasteiger partial charge in [-0.1, -0.05) is 23.5 Å². The van der Waals surface area contributed by atoms with Crippen LogP contribution in [0.15, 0.2) is 34.0 Å². The van der Waals surface area contributed by atoms with Crippen LogP contribution in [0.25, 0.3) is 0 Å². The molecule has 0 bridgehead atoms. The van der Waals surface area contributed by atoms with Crippen molar-refractivity contribution in [3.63, 3.8) is 0 Å². The first-order valence-corrected chi connectivity index (χ1v) is 12.1. The number of β-lactam (4-membered cyclic amide) rings is 1. The number of carbonyl (C=O) groups is 3. The number of hydrogen-bond acceptors (Lipinski definition) is 11. The van der Waals surface area contributed by atoms with Crippen LogP contribution >= 0.6 is 35.3 Å². The summed E-state index contributed by atoms with van der Waals surface area (Å²) in [6.07, 6.45) is 3.21. The number of aromatic nitrogens is 6. The second-order valence-corrected chi connectivity index (χ2v) is 9.62. The zero-order chi connectivity index (χ0) is 22.9. The number of fused-ring (bicyclic) bond motifs is 1. The molecule has 13 nitrogen and oxygen atoms in total. The number of nitrogens with zero attached hydrogens (tertiary/aromatic N) is 6. The van der Waals surface area contributed by atoms with Crippen molar-refractivity contribution in [1.29, 1.82) is 0 Å². The maximum absolute atomic E-state index is 13.1. The van der Waals surface area contributed by atoms with Gasteiger partial charge in [0.15, 0.2) is 5.16 Å². The topological polar surface area (TPSA) is 168 Å². The SMILES string of the molecule is CO[C@@]1(NC(=O)CSc2ncc[nH]2)C(=O)N2C(C(=O)O)=C(CSc3nnnn3C)CS[C@@H]21. The number of aryl methyl sites for hydroxylation is 1. The second kappa shape index (κ2) is 9.13. The van der Waals surface area contributed by atoms with Gasteiger partial charge in [-0.3, -0.25) is 14.5 Å². The molecule has 2 amide bonds. The van der Waals surface area contributed by atoms with Crippen molar-refractivity contribution in [1.82, 2.24) is 40.4 Å². The van der Waals surface area contributed by atoms with Gasteiger partial charge < -0.3 is 20.1 Å². The molecule has 2 aliphatic heterocycles. The minimum absolute atomic E-state index is 0.0124. The fourth-order valence-corrected chi connectivity index (χ4v) is 6.31. The van der Waals surface area contributed by atoms with Crippen LogP contribution in [0.4, 0.5) is 0 Å². The van der Waals surface area contributed by atoms with Crippen molar-refractivity contribution in [3.05, 3.63) is 23.7 Å². The van der Waals surface area contributed by atoms with Crippen molar-refractivity contribution in [3.8, 4) is 0 Å². The number of tetrazole rings is 1. The molecule has 0 radical (unpaired) electrons. The number of rotatable bonds is 9. The van der Waals surface area contributed by atoms with Crippen molar-refractivity contribution in [2.45, 2.75) is 21.4 Å². The van der Waals surface area contributed by atoms with Gasteiger partial charge in [-0.05, 0) is 16.0 Å². The van der Waals surface area contributed by atoms with Gasteiger partial charge in [0.2, 0.25) is 11.1 Å². The fraction of sp³-hybridized carbons (Fsp3) is 0.438. The summed E-state index contributed by atoms with van der Waals surface area (Å²) in [7, 11) is 2.99. The Labute approximate surface area is 194 Å². The van der Waals surface area contributed by atoms with E-state index in [2.05, 4.69) is 30.8 Å². The van der Waals surface area contributed by atoms with E-state index in [0.29, 0.717) is 27.4 Å². The van der Waals surface area contributed by atoms with Crippen LogP contribution in [0.1, 0.15) is 0 Å². The van der Waals surface area contributed by atoms with Crippen LogP contribution in [0, 0.1) is 0 Å². The maximum Gasteiger partial charge on any atom is 0.352 e. The lowest BCUT2D eigenvalue weighted by molar-refractivity contribution is -0.192. The predicted octanol–water partition coefficient (Wildman–Crippen LogP) is -0.470. The number of amides is 2. The van der Waals surface area contributed by atoms with Gasteiger partial charge in [0.05, 0.1) is 5.75 Å².